The van der Waals surface area contributed by atoms with Crippen molar-refractivity contribution in [2.45, 2.75) is 6.04 Å². The van der Waals surface area contributed by atoms with Gasteiger partial charge < -0.3 is 10.4 Å². The number of aromatic hydroxyl groups is 1. The van der Waals surface area contributed by atoms with Crippen LogP contribution in [-0.2, 0) is 0 Å². The summed E-state index contributed by atoms with van der Waals surface area (Å²) in [5.41, 5.74) is 5.05. The Morgan fingerprint density at radius 1 is 0.805 bits per heavy atom. The Labute approximate surface area is 250 Å². The minimum absolute atomic E-state index is 0.180. The van der Waals surface area contributed by atoms with E-state index in [2.05, 4.69) is 5.32 Å². The standard InChI is InChI=1S/C33H22Cl2N4OS/c34-22-13-10-21(11-14-22)31-26(19-39(38-31)24-7-2-1-3-8-24)32(30-25-9-5-4-6-20(25)12-17-28(30)40)37-33-36-27-16-15-23(35)18-29(27)41-33/h1-19,32,40H,(H,36,37). The lowest BCUT2D eigenvalue weighted by Crippen LogP contribution is -2.13. The molecule has 0 saturated carbocycles. The normalized spacial score (nSPS) is 12.1. The van der Waals surface area contributed by atoms with Gasteiger partial charge in [0.2, 0.25) is 0 Å². The van der Waals surface area contributed by atoms with Crippen LogP contribution in [0.2, 0.25) is 10.0 Å². The molecule has 0 bridgehead atoms. The lowest BCUT2D eigenvalue weighted by molar-refractivity contribution is 0.468. The second kappa shape index (κ2) is 10.6. The highest BCUT2D eigenvalue weighted by molar-refractivity contribution is 7.22. The first-order valence-corrected chi connectivity index (χ1v) is 14.5. The molecule has 0 amide bonds. The van der Waals surface area contributed by atoms with Crippen molar-refractivity contribution in [1.82, 2.24) is 14.8 Å². The predicted octanol–water partition coefficient (Wildman–Crippen LogP) is 9.52. The second-order valence-corrected chi connectivity index (χ2v) is 11.6. The van der Waals surface area contributed by atoms with Gasteiger partial charge in [0.15, 0.2) is 5.13 Å². The third-order valence-corrected chi connectivity index (χ3v) is 8.48. The molecule has 2 aromatic heterocycles. The number of aromatic nitrogens is 3. The van der Waals surface area contributed by atoms with Crippen LogP contribution in [-0.4, -0.2) is 19.9 Å². The van der Waals surface area contributed by atoms with Gasteiger partial charge in [-0.15, -0.1) is 0 Å². The van der Waals surface area contributed by atoms with Crippen LogP contribution in [0, 0.1) is 0 Å². The number of nitrogens with one attached hydrogen (secondary N) is 1. The van der Waals surface area contributed by atoms with Gasteiger partial charge in [0.1, 0.15) is 5.75 Å². The Kier molecular flexibility index (Phi) is 6.59. The number of benzene rings is 5. The van der Waals surface area contributed by atoms with Gasteiger partial charge in [-0.1, -0.05) is 95.2 Å². The van der Waals surface area contributed by atoms with Gasteiger partial charge in [-0.05, 0) is 59.3 Å². The van der Waals surface area contributed by atoms with Crippen molar-refractivity contribution in [2.75, 3.05) is 5.32 Å². The summed E-state index contributed by atoms with van der Waals surface area (Å²) < 4.78 is 2.84. The van der Waals surface area contributed by atoms with Gasteiger partial charge in [-0.25, -0.2) is 9.67 Å². The molecular formula is C33H22Cl2N4OS. The van der Waals surface area contributed by atoms with E-state index in [9.17, 15) is 5.11 Å². The summed E-state index contributed by atoms with van der Waals surface area (Å²) >= 11 is 14.0. The molecule has 7 rings (SSSR count). The minimum Gasteiger partial charge on any atom is -0.508 e. The first-order chi connectivity index (χ1) is 20.0. The number of phenolic OH excluding ortho intramolecular Hbond substituents is 1. The number of rotatable bonds is 6. The number of nitrogens with zero attached hydrogens (tertiary/aromatic N) is 3. The summed E-state index contributed by atoms with van der Waals surface area (Å²) in [7, 11) is 0. The highest BCUT2D eigenvalue weighted by Crippen LogP contribution is 2.42. The lowest BCUT2D eigenvalue weighted by atomic mass is 9.91. The van der Waals surface area contributed by atoms with E-state index in [4.69, 9.17) is 33.3 Å². The van der Waals surface area contributed by atoms with Crippen molar-refractivity contribution in [2.24, 2.45) is 0 Å². The average molecular weight is 594 g/mol. The lowest BCUT2D eigenvalue weighted by Gasteiger charge is -2.22. The van der Waals surface area contributed by atoms with Crippen LogP contribution in [0.15, 0.2) is 115 Å². The quantitative estimate of drug-likeness (QED) is 0.202. The number of hydrogen-bond donors (Lipinski definition) is 2. The van der Waals surface area contributed by atoms with Crippen LogP contribution in [0.3, 0.4) is 0 Å². The Hall–Kier alpha value is -4.36. The fourth-order valence-electron chi connectivity index (χ4n) is 5.12. The van der Waals surface area contributed by atoms with Crippen molar-refractivity contribution in [3.63, 3.8) is 0 Å². The fourth-order valence-corrected chi connectivity index (χ4v) is 6.42. The zero-order chi connectivity index (χ0) is 27.9. The number of para-hydroxylation sites is 1. The van der Waals surface area contributed by atoms with Gasteiger partial charge in [0.05, 0.1) is 27.6 Å². The van der Waals surface area contributed by atoms with Gasteiger partial charge in [-0.2, -0.15) is 5.10 Å². The molecule has 0 saturated heterocycles. The molecule has 5 nitrogen and oxygen atoms in total. The maximum Gasteiger partial charge on any atom is 0.184 e. The Morgan fingerprint density at radius 2 is 1.56 bits per heavy atom. The molecule has 5 aromatic carbocycles. The SMILES string of the molecule is Oc1ccc2ccccc2c1C(Nc1nc2ccc(Cl)cc2s1)c1cn(-c2ccccc2)nc1-c1ccc(Cl)cc1. The molecule has 8 heteroatoms. The minimum atomic E-state index is -0.500. The number of halogens is 2. The molecule has 0 radical (unpaired) electrons. The highest BCUT2D eigenvalue weighted by Gasteiger charge is 2.27. The highest BCUT2D eigenvalue weighted by atomic mass is 35.5. The van der Waals surface area contributed by atoms with E-state index in [1.165, 1.54) is 11.3 Å². The Bertz CT molecular complexity index is 2020. The van der Waals surface area contributed by atoms with Crippen molar-refractivity contribution in [3.8, 4) is 22.7 Å². The van der Waals surface area contributed by atoms with Crippen LogP contribution < -0.4 is 5.32 Å². The van der Waals surface area contributed by atoms with E-state index in [0.717, 1.165) is 49.1 Å². The first kappa shape index (κ1) is 25.6. The van der Waals surface area contributed by atoms with Crippen molar-refractivity contribution in [3.05, 3.63) is 137 Å². The number of fused-ring (bicyclic) bond motifs is 2. The van der Waals surface area contributed by atoms with Gasteiger partial charge in [0.25, 0.3) is 0 Å². The molecule has 0 fully saturated rings. The third-order valence-electron chi connectivity index (χ3n) is 7.05. The van der Waals surface area contributed by atoms with E-state index in [0.29, 0.717) is 15.2 Å². The van der Waals surface area contributed by atoms with Crippen LogP contribution in [0.4, 0.5) is 5.13 Å². The molecular weight excluding hydrogens is 571 g/mol. The van der Waals surface area contributed by atoms with E-state index in [-0.39, 0.29) is 5.75 Å². The van der Waals surface area contributed by atoms with E-state index in [1.54, 1.807) is 6.07 Å². The number of hydrogen-bond acceptors (Lipinski definition) is 5. The van der Waals surface area contributed by atoms with Crippen LogP contribution in [0.5, 0.6) is 5.75 Å². The van der Waals surface area contributed by atoms with Crippen LogP contribution in [0.25, 0.3) is 37.9 Å². The summed E-state index contributed by atoms with van der Waals surface area (Å²) in [6.07, 6.45) is 2.02. The number of phenols is 1. The maximum absolute atomic E-state index is 11.4. The zero-order valence-electron chi connectivity index (χ0n) is 21.5. The molecule has 1 unspecified atom stereocenters. The van der Waals surface area contributed by atoms with Gasteiger partial charge in [-0.3, -0.25) is 0 Å². The summed E-state index contributed by atoms with van der Waals surface area (Å²) in [6, 6.07) is 34.5. The summed E-state index contributed by atoms with van der Waals surface area (Å²) in [5, 5.41) is 24.1. The molecule has 0 spiro atoms. The third kappa shape index (κ3) is 4.91. The van der Waals surface area contributed by atoms with E-state index >= 15 is 0 Å². The molecule has 41 heavy (non-hydrogen) atoms. The molecule has 0 aliphatic carbocycles. The topological polar surface area (TPSA) is 63.0 Å². The van der Waals surface area contributed by atoms with E-state index in [1.807, 2.05) is 114 Å². The molecule has 0 aliphatic rings. The molecule has 2 heterocycles. The van der Waals surface area contributed by atoms with Crippen LogP contribution in [0.1, 0.15) is 17.2 Å². The fraction of sp³-hybridized carbons (Fsp3) is 0.0303. The van der Waals surface area contributed by atoms with Gasteiger partial charge in [0, 0.05) is 32.9 Å². The number of anilines is 1. The summed E-state index contributed by atoms with van der Waals surface area (Å²) in [4.78, 5) is 4.86. The second-order valence-electron chi connectivity index (χ2n) is 9.65. The summed E-state index contributed by atoms with van der Waals surface area (Å²) in [5.74, 6) is 0.180. The smallest absolute Gasteiger partial charge is 0.184 e. The molecule has 0 aliphatic heterocycles. The number of thiazole rings is 1. The first-order valence-electron chi connectivity index (χ1n) is 13.0. The molecule has 1 atom stereocenters. The molecule has 200 valence electrons. The molecule has 7 aromatic rings. The van der Waals surface area contributed by atoms with Gasteiger partial charge >= 0.3 is 0 Å². The monoisotopic (exact) mass is 592 g/mol. The summed E-state index contributed by atoms with van der Waals surface area (Å²) in [6.45, 7) is 0. The molecule has 2 N–H and O–H groups in total. The maximum atomic E-state index is 11.4. The Morgan fingerprint density at radius 3 is 2.39 bits per heavy atom. The van der Waals surface area contributed by atoms with Crippen molar-refractivity contribution < 1.29 is 5.11 Å². The van der Waals surface area contributed by atoms with Crippen LogP contribution >= 0.6 is 34.5 Å². The predicted molar refractivity (Wildman–Crippen MR) is 170 cm³/mol. The van der Waals surface area contributed by atoms with E-state index < -0.39 is 6.04 Å². The zero-order valence-corrected chi connectivity index (χ0v) is 23.8. The average Bonchev–Trinajstić information content (AvgIpc) is 3.61. The largest absolute Gasteiger partial charge is 0.508 e. The Balaban J connectivity index is 1.48. The van der Waals surface area contributed by atoms with Crippen molar-refractivity contribution >= 4 is 60.7 Å². The van der Waals surface area contributed by atoms with Crippen molar-refractivity contribution in [1.29, 1.82) is 0 Å².